The van der Waals surface area contributed by atoms with Crippen molar-refractivity contribution in [3.05, 3.63) is 12.4 Å². The lowest BCUT2D eigenvalue weighted by atomic mass is 10.1. The van der Waals surface area contributed by atoms with Gasteiger partial charge in [-0.25, -0.2) is 4.79 Å². The predicted octanol–water partition coefficient (Wildman–Crippen LogP) is 0.459. The number of nitrogens with zero attached hydrogens (tertiary/aromatic N) is 3. The Morgan fingerprint density at radius 3 is 3.00 bits per heavy atom. The highest BCUT2D eigenvalue weighted by Gasteiger charge is 2.30. The van der Waals surface area contributed by atoms with E-state index in [9.17, 15) is 9.90 Å². The summed E-state index contributed by atoms with van der Waals surface area (Å²) in [7, 11) is 1.90. The maximum absolute atomic E-state index is 11.9. The first-order valence-electron chi connectivity index (χ1n) is 8.08. The Balaban J connectivity index is 1.44. The highest BCUT2D eigenvalue weighted by Crippen LogP contribution is 2.32. The molecule has 0 unspecified atom stereocenters. The quantitative estimate of drug-likeness (QED) is 0.738. The molecule has 1 aromatic heterocycles. The fourth-order valence-corrected chi connectivity index (χ4v) is 2.98. The molecule has 2 fully saturated rings. The molecule has 7 heteroatoms. The lowest BCUT2D eigenvalue weighted by Gasteiger charge is -2.33. The Hall–Kier alpha value is -1.76. The van der Waals surface area contributed by atoms with Gasteiger partial charge in [-0.15, -0.1) is 0 Å². The second-order valence-corrected chi connectivity index (χ2v) is 6.42. The number of hydrogen-bond donors (Lipinski definition) is 3. The van der Waals surface area contributed by atoms with Crippen molar-refractivity contribution in [3.63, 3.8) is 0 Å². The van der Waals surface area contributed by atoms with Crippen molar-refractivity contribution in [3.8, 4) is 0 Å². The molecule has 122 valence electrons. The topological polar surface area (TPSA) is 82.4 Å². The first-order chi connectivity index (χ1) is 10.6. The van der Waals surface area contributed by atoms with Crippen molar-refractivity contribution >= 4 is 11.7 Å². The molecule has 2 heterocycles. The van der Waals surface area contributed by atoms with E-state index in [1.807, 2.05) is 19.4 Å². The van der Waals surface area contributed by atoms with Gasteiger partial charge in [-0.1, -0.05) is 0 Å². The zero-order valence-electron chi connectivity index (χ0n) is 13.0. The highest BCUT2D eigenvalue weighted by molar-refractivity contribution is 5.74. The van der Waals surface area contributed by atoms with Crippen molar-refractivity contribution in [1.82, 2.24) is 20.4 Å². The van der Waals surface area contributed by atoms with E-state index in [0.717, 1.165) is 44.5 Å². The molecule has 1 aliphatic heterocycles. The summed E-state index contributed by atoms with van der Waals surface area (Å²) in [5, 5.41) is 19.8. The third kappa shape index (κ3) is 3.91. The number of piperidine rings is 1. The normalized spacial score (nSPS) is 23.2. The average Bonchev–Trinajstić information content (AvgIpc) is 3.27. The molecule has 3 N–H and O–H groups in total. The van der Waals surface area contributed by atoms with Crippen LogP contribution in [0.1, 0.15) is 25.7 Å². The summed E-state index contributed by atoms with van der Waals surface area (Å²) >= 11 is 0. The molecule has 3 rings (SSSR count). The summed E-state index contributed by atoms with van der Waals surface area (Å²) in [5.41, 5.74) is 1.10. The van der Waals surface area contributed by atoms with Gasteiger partial charge < -0.3 is 20.6 Å². The summed E-state index contributed by atoms with van der Waals surface area (Å²) in [6.07, 6.45) is 7.63. The molecule has 22 heavy (non-hydrogen) atoms. The van der Waals surface area contributed by atoms with Crippen molar-refractivity contribution in [1.29, 1.82) is 0 Å². The number of anilines is 1. The van der Waals surface area contributed by atoms with Crippen LogP contribution >= 0.6 is 0 Å². The third-order valence-electron chi connectivity index (χ3n) is 4.45. The van der Waals surface area contributed by atoms with Gasteiger partial charge >= 0.3 is 6.03 Å². The van der Waals surface area contributed by atoms with Crippen molar-refractivity contribution in [2.75, 3.05) is 24.5 Å². The molecular weight excluding hydrogens is 282 g/mol. The monoisotopic (exact) mass is 307 g/mol. The van der Waals surface area contributed by atoms with E-state index in [2.05, 4.69) is 20.6 Å². The number of amides is 2. The van der Waals surface area contributed by atoms with Crippen molar-refractivity contribution in [2.24, 2.45) is 13.0 Å². The zero-order chi connectivity index (χ0) is 15.5. The summed E-state index contributed by atoms with van der Waals surface area (Å²) in [6, 6.07) is -0.0511. The SMILES string of the molecule is Cn1cc(N2CCC[C@@H](NC(=O)NC[C@@H](O)C3CC3)C2)cn1. The van der Waals surface area contributed by atoms with Crippen LogP contribution in [-0.2, 0) is 7.05 Å². The van der Waals surface area contributed by atoms with E-state index >= 15 is 0 Å². The van der Waals surface area contributed by atoms with Gasteiger partial charge in [-0.3, -0.25) is 4.68 Å². The number of hydrogen-bond acceptors (Lipinski definition) is 4. The zero-order valence-corrected chi connectivity index (χ0v) is 13.0. The number of aromatic nitrogens is 2. The number of rotatable bonds is 5. The number of carbonyl (C=O) groups is 1. The van der Waals surface area contributed by atoms with Crippen molar-refractivity contribution in [2.45, 2.75) is 37.8 Å². The molecule has 1 saturated heterocycles. The molecule has 0 bridgehead atoms. The Labute approximate surface area is 130 Å². The standard InChI is InChI=1S/C15H25N5O2/c1-19-10-13(7-17-19)20-6-2-3-12(9-20)18-15(22)16-8-14(21)11-4-5-11/h7,10-12,14,21H,2-6,8-9H2,1H3,(H2,16,18,22)/t12-,14-/m1/s1. The molecule has 2 aliphatic rings. The second-order valence-electron chi connectivity index (χ2n) is 6.42. The van der Waals surface area contributed by atoms with E-state index in [4.69, 9.17) is 0 Å². The van der Waals surface area contributed by atoms with Crippen LogP contribution in [0.3, 0.4) is 0 Å². The Kier molecular flexibility index (Phi) is 4.52. The van der Waals surface area contributed by atoms with Gasteiger partial charge in [0.15, 0.2) is 0 Å². The number of carbonyl (C=O) groups excluding carboxylic acids is 1. The van der Waals surface area contributed by atoms with Gasteiger partial charge in [0, 0.05) is 38.9 Å². The summed E-state index contributed by atoms with van der Waals surface area (Å²) < 4.78 is 1.79. The van der Waals surface area contributed by atoms with Gasteiger partial charge in [0.2, 0.25) is 0 Å². The third-order valence-corrected chi connectivity index (χ3v) is 4.45. The molecule has 7 nitrogen and oxygen atoms in total. The van der Waals surface area contributed by atoms with Gasteiger partial charge in [-0.05, 0) is 31.6 Å². The highest BCUT2D eigenvalue weighted by atomic mass is 16.3. The number of aliphatic hydroxyl groups is 1. The number of nitrogens with one attached hydrogen (secondary N) is 2. The smallest absolute Gasteiger partial charge is 0.315 e. The van der Waals surface area contributed by atoms with E-state index in [0.29, 0.717) is 12.5 Å². The summed E-state index contributed by atoms with van der Waals surface area (Å²) in [6.45, 7) is 2.13. The van der Waals surface area contributed by atoms with E-state index in [-0.39, 0.29) is 12.1 Å². The van der Waals surface area contributed by atoms with Crippen LogP contribution in [0.2, 0.25) is 0 Å². The number of aryl methyl sites for hydroxylation is 1. The Morgan fingerprint density at radius 2 is 2.32 bits per heavy atom. The Bertz CT molecular complexity index is 514. The molecule has 0 spiro atoms. The van der Waals surface area contributed by atoms with Crippen LogP contribution in [0.4, 0.5) is 10.5 Å². The number of aliphatic hydroxyl groups excluding tert-OH is 1. The van der Waals surface area contributed by atoms with Gasteiger partial charge in [0.25, 0.3) is 0 Å². The molecule has 1 aromatic rings. The van der Waals surface area contributed by atoms with Gasteiger partial charge in [0.05, 0.1) is 18.0 Å². The maximum atomic E-state index is 11.9. The van der Waals surface area contributed by atoms with Gasteiger partial charge in [0.1, 0.15) is 0 Å². The van der Waals surface area contributed by atoms with Crippen LogP contribution in [0, 0.1) is 5.92 Å². The minimum atomic E-state index is -0.399. The van der Waals surface area contributed by atoms with Crippen molar-refractivity contribution < 1.29 is 9.90 Å². The summed E-state index contributed by atoms with van der Waals surface area (Å²) in [4.78, 5) is 14.2. The molecule has 2 amide bonds. The van der Waals surface area contributed by atoms with Gasteiger partial charge in [-0.2, -0.15) is 5.10 Å². The van der Waals surface area contributed by atoms with Crippen LogP contribution in [0.5, 0.6) is 0 Å². The number of urea groups is 1. The average molecular weight is 307 g/mol. The molecule has 1 aliphatic carbocycles. The largest absolute Gasteiger partial charge is 0.391 e. The maximum Gasteiger partial charge on any atom is 0.315 e. The van der Waals surface area contributed by atoms with E-state index < -0.39 is 6.10 Å². The summed E-state index contributed by atoms with van der Waals surface area (Å²) in [5.74, 6) is 0.385. The van der Waals surface area contributed by atoms with Crippen LogP contribution in [0.25, 0.3) is 0 Å². The fraction of sp³-hybridized carbons (Fsp3) is 0.733. The van der Waals surface area contributed by atoms with Crippen LogP contribution in [-0.4, -0.2) is 52.7 Å². The van der Waals surface area contributed by atoms with E-state index in [1.54, 1.807) is 4.68 Å². The molecule has 0 aromatic carbocycles. The molecule has 1 saturated carbocycles. The molecular formula is C15H25N5O2. The fourth-order valence-electron chi connectivity index (χ4n) is 2.98. The lowest BCUT2D eigenvalue weighted by molar-refractivity contribution is 0.148. The minimum Gasteiger partial charge on any atom is -0.391 e. The lowest BCUT2D eigenvalue weighted by Crippen LogP contribution is -2.51. The van der Waals surface area contributed by atoms with Crippen LogP contribution < -0.4 is 15.5 Å². The first-order valence-corrected chi connectivity index (χ1v) is 8.08. The molecule has 0 radical (unpaired) electrons. The Morgan fingerprint density at radius 1 is 1.50 bits per heavy atom. The second kappa shape index (κ2) is 6.56. The van der Waals surface area contributed by atoms with Crippen LogP contribution in [0.15, 0.2) is 12.4 Å². The van der Waals surface area contributed by atoms with E-state index in [1.165, 1.54) is 0 Å². The predicted molar refractivity (Wildman–Crippen MR) is 83.7 cm³/mol. The molecule has 2 atom stereocenters. The first kappa shape index (κ1) is 15.1. The minimum absolute atomic E-state index is 0.132.